The minimum atomic E-state index is -5.30. The summed E-state index contributed by atoms with van der Waals surface area (Å²) in [4.78, 5) is 47.7. The first-order valence-corrected chi connectivity index (χ1v) is 4.77. The standard InChI is InChI=1S/C3H5O6P.C3H4O3/c1-2(3(4)5)9-10(6,7)8;1-2(4)3(5)6/h1H2,(H,4,5)(H2,6,7,8);1H3,(H,5,6)/p-4. The summed E-state index contributed by atoms with van der Waals surface area (Å²) in [6.07, 6.45) is 0. The van der Waals surface area contributed by atoms with E-state index in [0.717, 1.165) is 6.92 Å². The zero-order chi connectivity index (χ0) is 13.5. The Kier molecular flexibility index (Phi) is 7.03. The number of phosphoric ester groups is 1. The molecule has 0 heterocycles. The van der Waals surface area contributed by atoms with Gasteiger partial charge in [-0.3, -0.25) is 4.79 Å². The lowest BCUT2D eigenvalue weighted by Gasteiger charge is -2.29. The molecule has 0 spiro atoms. The van der Waals surface area contributed by atoms with E-state index in [4.69, 9.17) is 0 Å². The minimum Gasteiger partial charge on any atom is -0.780 e. The molecular formula is C6H5O9P-4. The first-order valence-electron chi connectivity index (χ1n) is 3.31. The average molecular weight is 252 g/mol. The van der Waals surface area contributed by atoms with Crippen molar-refractivity contribution in [3.8, 4) is 0 Å². The van der Waals surface area contributed by atoms with Crippen LogP contribution in [0.3, 0.4) is 0 Å². The van der Waals surface area contributed by atoms with Gasteiger partial charge in [-0.1, -0.05) is 6.58 Å². The summed E-state index contributed by atoms with van der Waals surface area (Å²) in [6.45, 7) is 3.52. The summed E-state index contributed by atoms with van der Waals surface area (Å²) >= 11 is 0. The van der Waals surface area contributed by atoms with Crippen molar-refractivity contribution in [1.29, 1.82) is 0 Å². The third-order valence-corrected chi connectivity index (χ3v) is 1.18. The fourth-order valence-corrected chi connectivity index (χ4v) is 0.517. The van der Waals surface area contributed by atoms with Crippen LogP contribution in [0.1, 0.15) is 6.92 Å². The predicted octanol–water partition coefficient (Wildman–Crippen LogP) is -4.58. The lowest BCUT2D eigenvalue weighted by molar-refractivity contribution is -0.342. The van der Waals surface area contributed by atoms with Crippen molar-refractivity contribution in [2.45, 2.75) is 6.92 Å². The van der Waals surface area contributed by atoms with Gasteiger partial charge in [0.1, 0.15) is 25.5 Å². The molecule has 0 saturated carbocycles. The number of hydrogen-bond acceptors (Lipinski definition) is 9. The number of carbonyl (C=O) groups is 3. The molecule has 0 fully saturated rings. The van der Waals surface area contributed by atoms with Gasteiger partial charge in [0.05, 0.1) is 0 Å². The van der Waals surface area contributed by atoms with E-state index >= 15 is 0 Å². The summed E-state index contributed by atoms with van der Waals surface area (Å²) in [6, 6.07) is 0. The molecule has 10 heteroatoms. The second-order valence-electron chi connectivity index (χ2n) is 2.09. The maximum atomic E-state index is 9.64. The predicted molar refractivity (Wildman–Crippen MR) is 38.5 cm³/mol. The van der Waals surface area contributed by atoms with Gasteiger partial charge in [0, 0.05) is 6.92 Å². The molecule has 0 saturated heterocycles. The van der Waals surface area contributed by atoms with Crippen LogP contribution in [0.4, 0.5) is 0 Å². The fraction of sp³-hybridized carbons (Fsp3) is 0.167. The Morgan fingerprint density at radius 2 is 1.44 bits per heavy atom. The van der Waals surface area contributed by atoms with E-state index in [2.05, 4.69) is 11.1 Å². The van der Waals surface area contributed by atoms with Gasteiger partial charge in [0.15, 0.2) is 5.78 Å². The summed E-state index contributed by atoms with van der Waals surface area (Å²) in [5.74, 6) is -5.72. The zero-order valence-electron chi connectivity index (χ0n) is 7.83. The monoisotopic (exact) mass is 252 g/mol. The van der Waals surface area contributed by atoms with E-state index < -0.39 is 31.3 Å². The fourth-order valence-electron chi connectivity index (χ4n) is 0.172. The van der Waals surface area contributed by atoms with Crippen LogP contribution in [0, 0.1) is 0 Å². The Bertz CT molecular complexity index is 339. The molecule has 0 aromatic heterocycles. The van der Waals surface area contributed by atoms with Crippen LogP contribution in [0.15, 0.2) is 12.3 Å². The van der Waals surface area contributed by atoms with E-state index in [-0.39, 0.29) is 0 Å². The molecule has 0 aliphatic carbocycles. The Morgan fingerprint density at radius 1 is 1.12 bits per heavy atom. The highest BCUT2D eigenvalue weighted by atomic mass is 31.2. The van der Waals surface area contributed by atoms with Crippen molar-refractivity contribution in [3.05, 3.63) is 12.3 Å². The third kappa shape index (κ3) is 12.3. The molecule has 16 heavy (non-hydrogen) atoms. The molecule has 92 valence electrons. The van der Waals surface area contributed by atoms with Gasteiger partial charge >= 0.3 is 0 Å². The number of aliphatic carboxylic acids is 2. The first-order chi connectivity index (χ1) is 6.97. The number of ketones is 1. The Balaban J connectivity index is 0. The molecule has 0 aliphatic heterocycles. The molecule has 0 amide bonds. The summed E-state index contributed by atoms with van der Waals surface area (Å²) in [5.41, 5.74) is 0. The number of carboxylic acid groups (broad SMARTS) is 2. The normalized spacial score (nSPS) is 9.44. The van der Waals surface area contributed by atoms with Crippen LogP contribution in [0.5, 0.6) is 0 Å². The molecule has 0 N–H and O–H groups in total. The quantitative estimate of drug-likeness (QED) is 0.206. The molecular weight excluding hydrogens is 247 g/mol. The molecule has 9 nitrogen and oxygen atoms in total. The lowest BCUT2D eigenvalue weighted by Crippen LogP contribution is -2.29. The first kappa shape index (κ1) is 16.7. The van der Waals surface area contributed by atoms with Crippen LogP contribution in [0.25, 0.3) is 0 Å². The molecule has 0 atom stereocenters. The maximum absolute atomic E-state index is 9.64. The molecule has 0 rings (SSSR count). The Labute approximate surface area is 89.2 Å². The van der Waals surface area contributed by atoms with E-state index in [1.165, 1.54) is 0 Å². The van der Waals surface area contributed by atoms with Crippen LogP contribution >= 0.6 is 7.82 Å². The molecule has 0 bridgehead atoms. The van der Waals surface area contributed by atoms with Crippen LogP contribution in [-0.4, -0.2) is 17.7 Å². The lowest BCUT2D eigenvalue weighted by atomic mass is 10.5. The van der Waals surface area contributed by atoms with Crippen molar-refractivity contribution >= 4 is 25.5 Å². The van der Waals surface area contributed by atoms with Gasteiger partial charge in [0.2, 0.25) is 0 Å². The van der Waals surface area contributed by atoms with Crippen molar-refractivity contribution in [2.24, 2.45) is 0 Å². The molecule has 0 aliphatic rings. The Hall–Kier alpha value is -1.70. The number of carbonyl (C=O) groups excluding carboxylic acids is 3. The maximum Gasteiger partial charge on any atom is 0.175 e. The van der Waals surface area contributed by atoms with Gasteiger partial charge in [-0.2, -0.15) is 0 Å². The van der Waals surface area contributed by atoms with Crippen molar-refractivity contribution < 1.29 is 43.5 Å². The molecule has 0 unspecified atom stereocenters. The zero-order valence-corrected chi connectivity index (χ0v) is 8.72. The smallest absolute Gasteiger partial charge is 0.175 e. The number of rotatable bonds is 4. The summed E-state index contributed by atoms with van der Waals surface area (Å²) in [7, 11) is -5.30. The van der Waals surface area contributed by atoms with E-state index in [9.17, 15) is 38.9 Å². The minimum absolute atomic E-state index is 0.935. The van der Waals surface area contributed by atoms with Crippen molar-refractivity contribution in [1.82, 2.24) is 0 Å². The van der Waals surface area contributed by atoms with Crippen LogP contribution in [-0.2, 0) is 23.5 Å². The molecule has 0 aromatic carbocycles. The van der Waals surface area contributed by atoms with Gasteiger partial charge in [-0.05, 0) is 0 Å². The number of phosphoric acid groups is 1. The second-order valence-corrected chi connectivity index (χ2v) is 3.17. The van der Waals surface area contributed by atoms with E-state index in [0.29, 0.717) is 0 Å². The topological polar surface area (TPSA) is 170 Å². The average Bonchev–Trinajstić information content (AvgIpc) is 2.01. The van der Waals surface area contributed by atoms with Crippen LogP contribution in [0.2, 0.25) is 0 Å². The third-order valence-electron chi connectivity index (χ3n) is 0.737. The molecule has 0 radical (unpaired) electrons. The number of Topliss-reactive ketones (excluding diaryl/α,β-unsaturated/α-hetero) is 1. The summed E-state index contributed by atoms with van der Waals surface area (Å²) in [5, 5.41) is 18.9. The van der Waals surface area contributed by atoms with E-state index in [1.54, 1.807) is 0 Å². The highest BCUT2D eigenvalue weighted by Crippen LogP contribution is 2.27. The Morgan fingerprint density at radius 3 is 1.50 bits per heavy atom. The van der Waals surface area contributed by atoms with Gasteiger partial charge < -0.3 is 38.7 Å². The van der Waals surface area contributed by atoms with Gasteiger partial charge in [-0.15, -0.1) is 0 Å². The molecule has 0 aromatic rings. The number of hydrogen-bond donors (Lipinski definition) is 0. The number of carboxylic acids is 2. The summed E-state index contributed by atoms with van der Waals surface area (Å²) < 4.78 is 12.9. The van der Waals surface area contributed by atoms with Crippen molar-refractivity contribution in [3.63, 3.8) is 0 Å². The van der Waals surface area contributed by atoms with E-state index in [1.807, 2.05) is 0 Å². The van der Waals surface area contributed by atoms with Crippen molar-refractivity contribution in [2.75, 3.05) is 0 Å². The van der Waals surface area contributed by atoms with Crippen LogP contribution < -0.4 is 20.0 Å². The largest absolute Gasteiger partial charge is 0.780 e. The second kappa shape index (κ2) is 6.72. The highest BCUT2D eigenvalue weighted by molar-refractivity contribution is 7.43. The van der Waals surface area contributed by atoms with Gasteiger partial charge in [0.25, 0.3) is 0 Å². The highest BCUT2D eigenvalue weighted by Gasteiger charge is 1.96. The van der Waals surface area contributed by atoms with Gasteiger partial charge in [-0.25, -0.2) is 0 Å². The SMILES string of the molecule is C=C(OP(=O)([O-])[O-])C(=O)[O-].CC(=O)C(=O)[O-].